The second-order valence-corrected chi connectivity index (χ2v) is 9.35. The SMILES string of the molecule is Cc1cc(N2CCC(NC(=O)N(c3cccc(C(=N)N)c3)C3CCCCCC3)CC2)ccn1. The quantitative estimate of drug-likeness (QED) is 0.354. The Bertz CT molecular complexity index is 961. The number of amidine groups is 1. The van der Waals surface area contributed by atoms with Crippen molar-refractivity contribution in [2.24, 2.45) is 5.73 Å². The van der Waals surface area contributed by atoms with Crippen LogP contribution in [-0.2, 0) is 0 Å². The predicted octanol–water partition coefficient (Wildman–Crippen LogP) is 4.58. The van der Waals surface area contributed by atoms with Crippen molar-refractivity contribution in [3.8, 4) is 0 Å². The number of nitrogens with two attached hydrogens (primary N) is 1. The fraction of sp³-hybridized carbons (Fsp3) is 0.500. The first kappa shape index (κ1) is 23.1. The average Bonchev–Trinajstić information content (AvgIpc) is 3.09. The van der Waals surface area contributed by atoms with Crippen LogP contribution in [0.2, 0.25) is 0 Å². The van der Waals surface area contributed by atoms with Crippen LogP contribution in [0.5, 0.6) is 0 Å². The number of aromatic nitrogens is 1. The minimum atomic E-state index is -0.0270. The molecule has 1 saturated heterocycles. The molecule has 1 aromatic carbocycles. The summed E-state index contributed by atoms with van der Waals surface area (Å²) >= 11 is 0. The standard InChI is InChI=1S/C26H36N6O/c1-19-17-23(11-14-29-19)31-15-12-21(13-16-31)30-26(33)32(22-8-4-2-3-5-9-22)24-10-6-7-20(18-24)25(27)28/h6-7,10-11,14,17-18,21-22H,2-5,8-9,12-13,15-16H2,1H3,(H3,27,28)(H,30,33). The molecule has 4 rings (SSSR count). The van der Waals surface area contributed by atoms with E-state index < -0.39 is 0 Å². The first-order valence-corrected chi connectivity index (χ1v) is 12.2. The molecule has 1 saturated carbocycles. The molecule has 2 amide bonds. The minimum Gasteiger partial charge on any atom is -0.384 e. The van der Waals surface area contributed by atoms with Crippen LogP contribution in [0.3, 0.4) is 0 Å². The van der Waals surface area contributed by atoms with E-state index in [0.29, 0.717) is 5.56 Å². The smallest absolute Gasteiger partial charge is 0.322 e. The van der Waals surface area contributed by atoms with Gasteiger partial charge in [-0.1, -0.05) is 37.8 Å². The lowest BCUT2D eigenvalue weighted by Crippen LogP contribution is -2.52. The molecular weight excluding hydrogens is 412 g/mol. The van der Waals surface area contributed by atoms with Gasteiger partial charge in [-0.3, -0.25) is 15.3 Å². The molecule has 0 atom stereocenters. The maximum atomic E-state index is 13.6. The van der Waals surface area contributed by atoms with Crippen molar-refractivity contribution in [3.63, 3.8) is 0 Å². The van der Waals surface area contributed by atoms with Gasteiger partial charge < -0.3 is 16.0 Å². The van der Waals surface area contributed by atoms with Crippen LogP contribution in [0.4, 0.5) is 16.2 Å². The number of carbonyl (C=O) groups excluding carboxylic acids is 1. The van der Waals surface area contributed by atoms with Crippen LogP contribution >= 0.6 is 0 Å². The molecule has 176 valence electrons. The molecule has 7 nitrogen and oxygen atoms in total. The predicted molar refractivity (Wildman–Crippen MR) is 134 cm³/mol. The van der Waals surface area contributed by atoms with Crippen LogP contribution in [0.25, 0.3) is 0 Å². The number of piperidine rings is 1. The Morgan fingerprint density at radius 2 is 1.82 bits per heavy atom. The summed E-state index contributed by atoms with van der Waals surface area (Å²) in [6.45, 7) is 3.84. The van der Waals surface area contributed by atoms with Crippen molar-refractivity contribution in [2.75, 3.05) is 22.9 Å². The van der Waals surface area contributed by atoms with Crippen LogP contribution in [-0.4, -0.2) is 42.0 Å². The Hall–Kier alpha value is -3.09. The maximum Gasteiger partial charge on any atom is 0.322 e. The van der Waals surface area contributed by atoms with E-state index in [1.165, 1.54) is 18.5 Å². The normalized spacial score (nSPS) is 17.9. The van der Waals surface area contributed by atoms with E-state index in [1.54, 1.807) is 0 Å². The highest BCUT2D eigenvalue weighted by Crippen LogP contribution is 2.28. The molecule has 2 aliphatic rings. The summed E-state index contributed by atoms with van der Waals surface area (Å²) in [5, 5.41) is 11.1. The van der Waals surface area contributed by atoms with Crippen molar-refractivity contribution in [3.05, 3.63) is 53.9 Å². The molecule has 0 spiro atoms. The Labute approximate surface area is 196 Å². The molecule has 0 unspecified atom stereocenters. The molecule has 1 aliphatic heterocycles. The van der Waals surface area contributed by atoms with Gasteiger partial charge in [0.05, 0.1) is 0 Å². The van der Waals surface area contributed by atoms with Gasteiger partial charge in [0.25, 0.3) is 0 Å². The van der Waals surface area contributed by atoms with Crippen molar-refractivity contribution in [1.82, 2.24) is 10.3 Å². The van der Waals surface area contributed by atoms with E-state index in [-0.39, 0.29) is 24.0 Å². The second kappa shape index (κ2) is 10.7. The third-order valence-corrected chi connectivity index (χ3v) is 6.91. The van der Waals surface area contributed by atoms with E-state index in [0.717, 1.165) is 63.0 Å². The number of nitrogens with zero attached hydrogens (tertiary/aromatic N) is 3. The van der Waals surface area contributed by atoms with Crippen LogP contribution in [0.15, 0.2) is 42.6 Å². The lowest BCUT2D eigenvalue weighted by atomic mass is 10.0. The summed E-state index contributed by atoms with van der Waals surface area (Å²) in [6, 6.07) is 12.0. The van der Waals surface area contributed by atoms with Crippen LogP contribution < -0.4 is 20.9 Å². The number of pyridine rings is 1. The fourth-order valence-electron chi connectivity index (χ4n) is 5.09. The third-order valence-electron chi connectivity index (χ3n) is 6.91. The number of nitrogen functional groups attached to an aromatic ring is 1. The van der Waals surface area contributed by atoms with Crippen molar-refractivity contribution in [2.45, 2.75) is 70.4 Å². The second-order valence-electron chi connectivity index (χ2n) is 9.35. The van der Waals surface area contributed by atoms with Crippen molar-refractivity contribution >= 4 is 23.2 Å². The van der Waals surface area contributed by atoms with E-state index in [2.05, 4.69) is 27.3 Å². The average molecular weight is 449 g/mol. The summed E-state index contributed by atoms with van der Waals surface area (Å²) in [5.74, 6) is 0.0248. The number of aryl methyl sites for hydroxylation is 1. The molecule has 2 aromatic rings. The Morgan fingerprint density at radius 3 is 2.48 bits per heavy atom. The van der Waals surface area contributed by atoms with Crippen LogP contribution in [0.1, 0.15) is 62.6 Å². The lowest BCUT2D eigenvalue weighted by molar-refractivity contribution is 0.236. The van der Waals surface area contributed by atoms with Gasteiger partial charge in [-0.2, -0.15) is 0 Å². The topological polar surface area (TPSA) is 98.3 Å². The largest absolute Gasteiger partial charge is 0.384 e. The first-order valence-electron chi connectivity index (χ1n) is 12.2. The molecule has 7 heteroatoms. The molecule has 4 N–H and O–H groups in total. The Kier molecular flexibility index (Phi) is 7.47. The van der Waals surface area contributed by atoms with Gasteiger partial charge in [0.15, 0.2) is 0 Å². The minimum absolute atomic E-state index is 0.0248. The number of anilines is 2. The van der Waals surface area contributed by atoms with Crippen molar-refractivity contribution < 1.29 is 4.79 Å². The maximum absolute atomic E-state index is 13.6. The number of nitrogens with one attached hydrogen (secondary N) is 2. The zero-order chi connectivity index (χ0) is 23.2. The molecule has 1 aromatic heterocycles. The van der Waals surface area contributed by atoms with Gasteiger partial charge in [-0.05, 0) is 56.9 Å². The molecular formula is C26H36N6O. The number of hydrogen-bond acceptors (Lipinski definition) is 4. The molecule has 2 heterocycles. The number of amides is 2. The van der Waals surface area contributed by atoms with Crippen LogP contribution in [0, 0.1) is 12.3 Å². The van der Waals surface area contributed by atoms with Gasteiger partial charge in [-0.15, -0.1) is 0 Å². The molecule has 0 radical (unpaired) electrons. The van der Waals surface area contributed by atoms with E-state index >= 15 is 0 Å². The number of carbonyl (C=O) groups is 1. The summed E-state index contributed by atoms with van der Waals surface area (Å²) < 4.78 is 0. The number of benzene rings is 1. The van der Waals surface area contributed by atoms with E-state index in [1.807, 2.05) is 42.3 Å². The van der Waals surface area contributed by atoms with E-state index in [9.17, 15) is 4.79 Å². The highest BCUT2D eigenvalue weighted by molar-refractivity contribution is 5.98. The Balaban J connectivity index is 1.46. The van der Waals surface area contributed by atoms with Gasteiger partial charge in [0.1, 0.15) is 5.84 Å². The lowest BCUT2D eigenvalue weighted by Gasteiger charge is -2.37. The van der Waals surface area contributed by atoms with Gasteiger partial charge in [-0.25, -0.2) is 4.79 Å². The molecule has 1 aliphatic carbocycles. The highest BCUT2D eigenvalue weighted by atomic mass is 16.2. The summed E-state index contributed by atoms with van der Waals surface area (Å²) in [5.41, 5.74) is 9.45. The number of urea groups is 1. The Morgan fingerprint density at radius 1 is 1.09 bits per heavy atom. The van der Waals surface area contributed by atoms with Crippen molar-refractivity contribution in [1.29, 1.82) is 5.41 Å². The van der Waals surface area contributed by atoms with E-state index in [4.69, 9.17) is 11.1 Å². The summed E-state index contributed by atoms with van der Waals surface area (Å²) in [6.07, 6.45) is 10.5. The zero-order valence-electron chi connectivity index (χ0n) is 19.6. The highest BCUT2D eigenvalue weighted by Gasteiger charge is 2.29. The third kappa shape index (κ3) is 5.83. The molecule has 2 fully saturated rings. The molecule has 0 bridgehead atoms. The summed E-state index contributed by atoms with van der Waals surface area (Å²) in [7, 11) is 0. The van der Waals surface area contributed by atoms with Gasteiger partial charge >= 0.3 is 6.03 Å². The monoisotopic (exact) mass is 448 g/mol. The first-order chi connectivity index (χ1) is 16.0. The fourth-order valence-corrected chi connectivity index (χ4v) is 5.09. The summed E-state index contributed by atoms with van der Waals surface area (Å²) in [4.78, 5) is 22.2. The van der Waals surface area contributed by atoms with Gasteiger partial charge in [0.2, 0.25) is 0 Å². The van der Waals surface area contributed by atoms with Gasteiger partial charge in [0, 0.05) is 54.0 Å². The zero-order valence-corrected chi connectivity index (χ0v) is 19.6. The number of hydrogen-bond donors (Lipinski definition) is 3. The number of rotatable bonds is 5. The molecule has 33 heavy (non-hydrogen) atoms.